The molecule has 0 aliphatic heterocycles. The highest BCUT2D eigenvalue weighted by Crippen LogP contribution is 2.22. The number of carbonyl (C=O) groups excluding carboxylic acids is 1. The Balaban J connectivity index is 1.57. The molecule has 0 fully saturated rings. The maximum atomic E-state index is 13.1. The fourth-order valence-electron chi connectivity index (χ4n) is 2.86. The van der Waals surface area contributed by atoms with Crippen molar-refractivity contribution in [3.8, 4) is 6.07 Å². The topological polar surface area (TPSA) is 131 Å². The molecule has 1 heterocycles. The number of nitrogens with zero attached hydrogens (tertiary/aromatic N) is 4. The van der Waals surface area contributed by atoms with Gasteiger partial charge in [-0.1, -0.05) is 29.8 Å². The fraction of sp³-hybridized carbons (Fsp3) is 0.136. The van der Waals surface area contributed by atoms with E-state index < -0.39 is 12.1 Å². The van der Waals surface area contributed by atoms with E-state index in [-0.39, 0.29) is 30.4 Å². The van der Waals surface area contributed by atoms with Crippen molar-refractivity contribution in [1.29, 1.82) is 5.26 Å². The maximum Gasteiger partial charge on any atom is 0.407 e. The quantitative estimate of drug-likeness (QED) is 0.467. The molecule has 11 heteroatoms. The molecule has 0 spiro atoms. The number of nitrogens with one attached hydrogen (secondary N) is 2. The van der Waals surface area contributed by atoms with Crippen molar-refractivity contribution in [2.75, 3.05) is 17.2 Å². The maximum absolute atomic E-state index is 13.1. The minimum atomic E-state index is -1.10. The first-order valence-electron chi connectivity index (χ1n) is 9.65. The van der Waals surface area contributed by atoms with Crippen LogP contribution in [0.1, 0.15) is 16.8 Å². The van der Waals surface area contributed by atoms with Gasteiger partial charge in [-0.2, -0.15) is 5.26 Å². The van der Waals surface area contributed by atoms with Gasteiger partial charge in [0, 0.05) is 23.8 Å². The summed E-state index contributed by atoms with van der Waals surface area (Å²) in [4.78, 5) is 32.6. The highest BCUT2D eigenvalue weighted by molar-refractivity contribution is 6.31. The molecule has 0 unspecified atom stereocenters. The van der Waals surface area contributed by atoms with Crippen LogP contribution in [-0.2, 0) is 13.0 Å². The van der Waals surface area contributed by atoms with Gasteiger partial charge in [0.25, 0.3) is 0 Å². The van der Waals surface area contributed by atoms with Crippen molar-refractivity contribution in [1.82, 2.24) is 14.9 Å². The average molecular weight is 469 g/mol. The van der Waals surface area contributed by atoms with Gasteiger partial charge in [-0.3, -0.25) is 5.32 Å². The number of hydrogen-bond donors (Lipinski definition) is 3. The molecule has 9 nitrogen and oxygen atoms in total. The molecular weight excluding hydrogens is 451 g/mol. The molecule has 0 saturated heterocycles. The number of aromatic nitrogens is 2. The molecule has 168 valence electrons. The van der Waals surface area contributed by atoms with Crippen LogP contribution >= 0.6 is 11.6 Å². The van der Waals surface area contributed by atoms with Crippen LogP contribution in [0.3, 0.4) is 0 Å². The molecule has 0 radical (unpaired) electrons. The SMILES string of the molecule is N#Cc1cnc(NC(=O)Nc2ccc(CCN(Cc3ccc(F)cc3)C(=O)O)c(Cl)c2)cn1. The van der Waals surface area contributed by atoms with Crippen molar-refractivity contribution in [2.24, 2.45) is 0 Å². The number of anilines is 2. The molecule has 2 aromatic carbocycles. The lowest BCUT2D eigenvalue weighted by Gasteiger charge is -2.20. The van der Waals surface area contributed by atoms with E-state index >= 15 is 0 Å². The number of benzene rings is 2. The van der Waals surface area contributed by atoms with Crippen molar-refractivity contribution in [3.05, 3.63) is 82.5 Å². The van der Waals surface area contributed by atoms with Gasteiger partial charge in [0.2, 0.25) is 0 Å². The van der Waals surface area contributed by atoms with Gasteiger partial charge < -0.3 is 15.3 Å². The van der Waals surface area contributed by atoms with Crippen molar-refractivity contribution in [2.45, 2.75) is 13.0 Å². The van der Waals surface area contributed by atoms with Gasteiger partial charge in [-0.15, -0.1) is 0 Å². The summed E-state index contributed by atoms with van der Waals surface area (Å²) in [5.74, 6) is -0.219. The minimum absolute atomic E-state index is 0.116. The number of urea groups is 1. The summed E-state index contributed by atoms with van der Waals surface area (Å²) >= 11 is 6.31. The number of carbonyl (C=O) groups is 2. The summed E-state index contributed by atoms with van der Waals surface area (Å²) in [6, 6.07) is 11.8. The van der Waals surface area contributed by atoms with E-state index in [1.54, 1.807) is 18.2 Å². The predicted octanol–water partition coefficient (Wildman–Crippen LogP) is 4.51. The Labute approximate surface area is 193 Å². The van der Waals surface area contributed by atoms with E-state index in [0.717, 1.165) is 0 Å². The van der Waals surface area contributed by atoms with Crippen LogP contribution < -0.4 is 10.6 Å². The van der Waals surface area contributed by atoms with Gasteiger partial charge in [0.05, 0.1) is 12.4 Å². The Hall–Kier alpha value is -4.23. The summed E-state index contributed by atoms with van der Waals surface area (Å²) in [6.07, 6.45) is 1.74. The number of amides is 3. The van der Waals surface area contributed by atoms with Crippen LogP contribution in [0.4, 0.5) is 25.5 Å². The number of halogens is 2. The van der Waals surface area contributed by atoms with E-state index in [0.29, 0.717) is 28.3 Å². The van der Waals surface area contributed by atoms with Gasteiger partial charge in [0.1, 0.15) is 11.9 Å². The third-order valence-electron chi connectivity index (χ3n) is 4.53. The number of nitriles is 1. The van der Waals surface area contributed by atoms with Crippen molar-refractivity contribution in [3.63, 3.8) is 0 Å². The van der Waals surface area contributed by atoms with Crippen LogP contribution in [0.25, 0.3) is 0 Å². The Morgan fingerprint density at radius 3 is 2.48 bits per heavy atom. The standard InChI is InChI=1S/C22H18ClFN6O3/c23-19-9-17(28-21(31)29-20-12-26-18(10-25)11-27-20)6-3-15(19)7-8-30(22(32)33)13-14-1-4-16(24)5-2-14/h1-6,9,11-12H,7-8,13H2,(H,32,33)(H2,27,28,29,31). The Morgan fingerprint density at radius 1 is 1.12 bits per heavy atom. The van der Waals surface area contributed by atoms with Crippen LogP contribution in [-0.4, -0.2) is 38.6 Å². The second kappa shape index (κ2) is 10.9. The molecule has 0 bridgehead atoms. The first-order chi connectivity index (χ1) is 15.8. The summed E-state index contributed by atoms with van der Waals surface area (Å²) in [5, 5.41) is 23.6. The average Bonchev–Trinajstić information content (AvgIpc) is 2.79. The molecular formula is C22H18ClFN6O3. The van der Waals surface area contributed by atoms with E-state index in [9.17, 15) is 19.1 Å². The summed E-state index contributed by atoms with van der Waals surface area (Å²) < 4.78 is 13.1. The smallest absolute Gasteiger partial charge is 0.407 e. The van der Waals surface area contributed by atoms with Crippen LogP contribution in [0, 0.1) is 17.1 Å². The van der Waals surface area contributed by atoms with Gasteiger partial charge in [-0.05, 0) is 41.8 Å². The van der Waals surface area contributed by atoms with Crippen molar-refractivity contribution < 1.29 is 19.1 Å². The Morgan fingerprint density at radius 2 is 1.88 bits per heavy atom. The lowest BCUT2D eigenvalue weighted by Crippen LogP contribution is -2.31. The molecule has 1 aromatic heterocycles. The summed E-state index contributed by atoms with van der Waals surface area (Å²) in [5.41, 5.74) is 1.92. The summed E-state index contributed by atoms with van der Waals surface area (Å²) in [7, 11) is 0. The molecule has 0 saturated carbocycles. The molecule has 3 amide bonds. The molecule has 33 heavy (non-hydrogen) atoms. The lowest BCUT2D eigenvalue weighted by atomic mass is 10.1. The minimum Gasteiger partial charge on any atom is -0.465 e. The second-order valence-corrected chi connectivity index (χ2v) is 7.27. The zero-order valence-electron chi connectivity index (χ0n) is 17.1. The van der Waals surface area contributed by atoms with Crippen molar-refractivity contribution >= 4 is 35.2 Å². The number of rotatable bonds is 7. The third-order valence-corrected chi connectivity index (χ3v) is 4.88. The highest BCUT2D eigenvalue weighted by Gasteiger charge is 2.14. The predicted molar refractivity (Wildman–Crippen MR) is 119 cm³/mol. The monoisotopic (exact) mass is 468 g/mol. The Bertz CT molecular complexity index is 1180. The van der Waals surface area contributed by atoms with Crippen LogP contribution in [0.5, 0.6) is 0 Å². The van der Waals surface area contributed by atoms with E-state index in [1.165, 1.54) is 41.6 Å². The zero-order chi connectivity index (χ0) is 23.8. The van der Waals surface area contributed by atoms with Crippen LogP contribution in [0.2, 0.25) is 5.02 Å². The molecule has 3 rings (SSSR count). The Kier molecular flexibility index (Phi) is 7.73. The van der Waals surface area contributed by atoms with Gasteiger partial charge in [-0.25, -0.2) is 23.9 Å². The van der Waals surface area contributed by atoms with E-state index in [4.69, 9.17) is 16.9 Å². The lowest BCUT2D eigenvalue weighted by molar-refractivity contribution is 0.143. The van der Waals surface area contributed by atoms with Crippen LogP contribution in [0.15, 0.2) is 54.9 Å². The largest absolute Gasteiger partial charge is 0.465 e. The van der Waals surface area contributed by atoms with E-state index in [2.05, 4.69) is 20.6 Å². The zero-order valence-corrected chi connectivity index (χ0v) is 17.9. The highest BCUT2D eigenvalue weighted by atomic mass is 35.5. The molecule has 0 atom stereocenters. The summed E-state index contributed by atoms with van der Waals surface area (Å²) in [6.45, 7) is 0.294. The molecule has 0 aliphatic rings. The normalized spacial score (nSPS) is 10.2. The third kappa shape index (κ3) is 6.88. The number of hydrogen-bond acceptors (Lipinski definition) is 5. The van der Waals surface area contributed by atoms with Gasteiger partial charge in [0.15, 0.2) is 11.5 Å². The fourth-order valence-corrected chi connectivity index (χ4v) is 3.14. The van der Waals surface area contributed by atoms with E-state index in [1.807, 2.05) is 6.07 Å². The van der Waals surface area contributed by atoms with Gasteiger partial charge >= 0.3 is 12.1 Å². The molecule has 3 aromatic rings. The first-order valence-corrected chi connectivity index (χ1v) is 10.0. The first kappa shape index (κ1) is 23.4. The second-order valence-electron chi connectivity index (χ2n) is 6.86. The molecule has 3 N–H and O–H groups in total. The molecule has 0 aliphatic carbocycles. The number of carboxylic acid groups (broad SMARTS) is 1.